The number of para-hydroxylation sites is 2. The summed E-state index contributed by atoms with van der Waals surface area (Å²) in [4.78, 5) is 14.6. The zero-order valence-corrected chi connectivity index (χ0v) is 13.7. The molecule has 7 heteroatoms. The van der Waals surface area contributed by atoms with E-state index in [1.165, 1.54) is 6.33 Å². The van der Waals surface area contributed by atoms with Gasteiger partial charge < -0.3 is 9.64 Å². The average molecular weight is 335 g/mol. The fraction of sp³-hybridized carbons (Fsp3) is 0.222. The number of ether oxygens (including phenoxy) is 1. The first kappa shape index (κ1) is 15.3. The molecule has 0 spiro atoms. The highest BCUT2D eigenvalue weighted by molar-refractivity contribution is 5.96. The van der Waals surface area contributed by atoms with Gasteiger partial charge in [-0.3, -0.25) is 4.79 Å². The molecule has 126 valence electrons. The Bertz CT molecular complexity index is 877. The summed E-state index contributed by atoms with van der Waals surface area (Å²) in [6.45, 7) is 2.52. The van der Waals surface area contributed by atoms with Crippen molar-refractivity contribution >= 4 is 11.6 Å². The van der Waals surface area contributed by atoms with E-state index in [1.807, 2.05) is 55.5 Å². The lowest BCUT2D eigenvalue weighted by Gasteiger charge is -2.33. The molecule has 1 atom stereocenters. The molecule has 2 aromatic carbocycles. The van der Waals surface area contributed by atoms with Gasteiger partial charge in [0, 0.05) is 0 Å². The number of carbonyl (C=O) groups excluding carboxylic acids is 1. The summed E-state index contributed by atoms with van der Waals surface area (Å²) in [6, 6.07) is 15.3. The number of aromatic nitrogens is 4. The molecule has 0 radical (unpaired) electrons. The lowest BCUT2D eigenvalue weighted by molar-refractivity contribution is -0.118. The van der Waals surface area contributed by atoms with Crippen LogP contribution in [0.25, 0.3) is 5.69 Å². The predicted octanol–water partition coefficient (Wildman–Crippen LogP) is 2.02. The van der Waals surface area contributed by atoms with Crippen LogP contribution in [0.3, 0.4) is 0 Å². The first-order valence-corrected chi connectivity index (χ1v) is 8.09. The quantitative estimate of drug-likeness (QED) is 0.732. The number of carbonyl (C=O) groups is 1. The minimum absolute atomic E-state index is 0.0268. The summed E-state index contributed by atoms with van der Waals surface area (Å²) in [5.74, 6) is 0.807. The third-order valence-electron chi connectivity index (χ3n) is 4.13. The van der Waals surface area contributed by atoms with Gasteiger partial charge >= 0.3 is 0 Å². The lowest BCUT2D eigenvalue weighted by Crippen LogP contribution is -2.43. The number of tetrazole rings is 1. The maximum atomic E-state index is 12.8. The van der Waals surface area contributed by atoms with Crippen LogP contribution in [0.1, 0.15) is 12.5 Å². The zero-order valence-electron chi connectivity index (χ0n) is 13.7. The third-order valence-corrected chi connectivity index (χ3v) is 4.13. The van der Waals surface area contributed by atoms with Crippen LogP contribution in [0.4, 0.5) is 5.69 Å². The molecule has 0 bridgehead atoms. The molecule has 1 amide bonds. The number of amides is 1. The van der Waals surface area contributed by atoms with Crippen molar-refractivity contribution in [2.45, 2.75) is 19.4 Å². The molecule has 0 aliphatic carbocycles. The molecule has 0 N–H and O–H groups in total. The maximum Gasteiger partial charge on any atom is 0.231 e. The fourth-order valence-electron chi connectivity index (χ4n) is 2.94. The van der Waals surface area contributed by atoms with E-state index >= 15 is 0 Å². The van der Waals surface area contributed by atoms with Crippen LogP contribution < -0.4 is 9.64 Å². The summed E-state index contributed by atoms with van der Waals surface area (Å²) in [7, 11) is 0. The van der Waals surface area contributed by atoms with Crippen molar-refractivity contribution in [2.24, 2.45) is 0 Å². The number of nitrogens with zero attached hydrogens (tertiary/aromatic N) is 5. The van der Waals surface area contributed by atoms with Crippen molar-refractivity contribution in [3.63, 3.8) is 0 Å². The normalized spacial score (nSPS) is 16.2. The van der Waals surface area contributed by atoms with E-state index in [2.05, 4.69) is 15.5 Å². The fourth-order valence-corrected chi connectivity index (χ4v) is 2.94. The Morgan fingerprint density at radius 1 is 1.20 bits per heavy atom. The van der Waals surface area contributed by atoms with Gasteiger partial charge in [0.15, 0.2) is 0 Å². The highest BCUT2D eigenvalue weighted by Crippen LogP contribution is 2.33. The second kappa shape index (κ2) is 6.35. The van der Waals surface area contributed by atoms with E-state index in [0.29, 0.717) is 13.0 Å². The molecular formula is C18H17N5O2. The van der Waals surface area contributed by atoms with Crippen molar-refractivity contribution in [3.05, 3.63) is 60.4 Å². The minimum Gasteiger partial charge on any atom is -0.487 e. The Morgan fingerprint density at radius 2 is 2.00 bits per heavy atom. The van der Waals surface area contributed by atoms with Gasteiger partial charge in [-0.15, -0.1) is 5.10 Å². The molecule has 0 fully saturated rings. The number of benzene rings is 2. The van der Waals surface area contributed by atoms with E-state index < -0.39 is 0 Å². The van der Waals surface area contributed by atoms with Crippen LogP contribution in [0.5, 0.6) is 5.75 Å². The average Bonchev–Trinajstić information content (AvgIpc) is 3.16. The van der Waals surface area contributed by atoms with E-state index in [1.54, 1.807) is 9.58 Å². The van der Waals surface area contributed by atoms with Gasteiger partial charge in [0.25, 0.3) is 0 Å². The molecule has 0 unspecified atom stereocenters. The predicted molar refractivity (Wildman–Crippen MR) is 91.7 cm³/mol. The van der Waals surface area contributed by atoms with Gasteiger partial charge in [-0.2, -0.15) is 0 Å². The lowest BCUT2D eigenvalue weighted by atomic mass is 10.1. The van der Waals surface area contributed by atoms with Gasteiger partial charge in [0.05, 0.1) is 24.3 Å². The van der Waals surface area contributed by atoms with Gasteiger partial charge in [-0.1, -0.05) is 24.3 Å². The van der Waals surface area contributed by atoms with Crippen molar-refractivity contribution in [1.29, 1.82) is 0 Å². The minimum atomic E-state index is -0.0268. The molecule has 0 saturated carbocycles. The Labute approximate surface area is 144 Å². The second-order valence-corrected chi connectivity index (χ2v) is 6.00. The Morgan fingerprint density at radius 3 is 2.76 bits per heavy atom. The Kier molecular flexibility index (Phi) is 3.89. The largest absolute Gasteiger partial charge is 0.487 e. The van der Waals surface area contributed by atoms with Crippen molar-refractivity contribution in [3.8, 4) is 11.4 Å². The smallest absolute Gasteiger partial charge is 0.231 e. The second-order valence-electron chi connectivity index (χ2n) is 6.00. The molecule has 1 aliphatic heterocycles. The molecule has 3 aromatic rings. The monoisotopic (exact) mass is 335 g/mol. The first-order valence-electron chi connectivity index (χ1n) is 8.09. The Hall–Kier alpha value is -3.22. The summed E-state index contributed by atoms with van der Waals surface area (Å²) in [5.41, 5.74) is 2.63. The van der Waals surface area contributed by atoms with Gasteiger partial charge in [-0.05, 0) is 47.2 Å². The number of rotatable bonds is 3. The number of hydrogen-bond donors (Lipinski definition) is 0. The van der Waals surface area contributed by atoms with E-state index in [-0.39, 0.29) is 12.0 Å². The molecule has 4 rings (SSSR count). The van der Waals surface area contributed by atoms with Crippen molar-refractivity contribution < 1.29 is 9.53 Å². The van der Waals surface area contributed by atoms with E-state index in [4.69, 9.17) is 4.74 Å². The number of anilines is 1. The van der Waals surface area contributed by atoms with Crippen LogP contribution in [-0.4, -0.2) is 38.8 Å². The summed E-state index contributed by atoms with van der Waals surface area (Å²) in [5, 5.41) is 11.1. The van der Waals surface area contributed by atoms with Crippen LogP contribution in [0, 0.1) is 0 Å². The van der Waals surface area contributed by atoms with Gasteiger partial charge in [0.2, 0.25) is 5.91 Å². The summed E-state index contributed by atoms with van der Waals surface area (Å²) in [6.07, 6.45) is 1.84. The van der Waals surface area contributed by atoms with Gasteiger partial charge in [-0.25, -0.2) is 4.68 Å². The SMILES string of the molecule is C[C@@H]1CN(C(=O)Cc2ccc(-n3cnnn3)cc2)c2ccccc2O1. The molecule has 25 heavy (non-hydrogen) atoms. The highest BCUT2D eigenvalue weighted by Gasteiger charge is 2.27. The number of hydrogen-bond acceptors (Lipinski definition) is 5. The van der Waals surface area contributed by atoms with Crippen molar-refractivity contribution in [2.75, 3.05) is 11.4 Å². The van der Waals surface area contributed by atoms with Gasteiger partial charge in [0.1, 0.15) is 18.2 Å². The Balaban J connectivity index is 1.52. The number of fused-ring (bicyclic) bond motifs is 1. The third kappa shape index (κ3) is 3.08. The molecule has 1 aliphatic rings. The van der Waals surface area contributed by atoms with Crippen LogP contribution in [0.2, 0.25) is 0 Å². The standard InChI is InChI=1S/C18H17N5O2/c1-13-11-22(16-4-2-3-5-17(16)25-13)18(24)10-14-6-8-15(9-7-14)23-12-19-20-21-23/h2-9,12-13H,10-11H2,1H3/t13-/m1/s1. The first-order chi connectivity index (χ1) is 12.2. The molecule has 7 nitrogen and oxygen atoms in total. The van der Waals surface area contributed by atoms with Crippen LogP contribution in [0.15, 0.2) is 54.9 Å². The molecule has 1 aromatic heterocycles. The molecule has 0 saturated heterocycles. The summed E-state index contributed by atoms with van der Waals surface area (Å²) >= 11 is 0. The topological polar surface area (TPSA) is 73.1 Å². The highest BCUT2D eigenvalue weighted by atomic mass is 16.5. The summed E-state index contributed by atoms with van der Waals surface area (Å²) < 4.78 is 7.38. The molecular weight excluding hydrogens is 318 g/mol. The molecule has 2 heterocycles. The van der Waals surface area contributed by atoms with E-state index in [9.17, 15) is 4.79 Å². The van der Waals surface area contributed by atoms with Crippen molar-refractivity contribution in [1.82, 2.24) is 20.2 Å². The van der Waals surface area contributed by atoms with E-state index in [0.717, 1.165) is 22.7 Å². The van der Waals surface area contributed by atoms with Crippen LogP contribution >= 0.6 is 0 Å². The zero-order chi connectivity index (χ0) is 17.2. The van der Waals surface area contributed by atoms with Crippen LogP contribution in [-0.2, 0) is 11.2 Å². The maximum absolute atomic E-state index is 12.8.